The zero-order valence-electron chi connectivity index (χ0n) is 9.11. The van der Waals surface area contributed by atoms with Crippen molar-refractivity contribution < 1.29 is 0 Å². The van der Waals surface area contributed by atoms with E-state index in [1.807, 2.05) is 6.07 Å². The maximum atomic E-state index is 6.17. The minimum atomic E-state index is -0.127. The van der Waals surface area contributed by atoms with Crippen molar-refractivity contribution >= 4 is 5.57 Å². The lowest BCUT2D eigenvalue weighted by molar-refractivity contribution is 0.514. The average Bonchev–Trinajstić information content (AvgIpc) is 2.31. The molecule has 0 aliphatic heterocycles. The predicted molar refractivity (Wildman–Crippen MR) is 65.4 cm³/mol. The zero-order chi connectivity index (χ0) is 10.7. The predicted octanol–water partition coefficient (Wildman–Crippen LogP) is 3.14. The Morgan fingerprint density at radius 3 is 2.53 bits per heavy atom. The molecule has 1 aliphatic carbocycles. The van der Waals surface area contributed by atoms with Crippen LogP contribution in [0.5, 0.6) is 0 Å². The van der Waals surface area contributed by atoms with E-state index >= 15 is 0 Å². The van der Waals surface area contributed by atoms with E-state index < -0.39 is 0 Å². The van der Waals surface area contributed by atoms with Gasteiger partial charge in [-0.2, -0.15) is 0 Å². The Kier molecular flexibility index (Phi) is 2.74. The van der Waals surface area contributed by atoms with Gasteiger partial charge in [-0.05, 0) is 24.0 Å². The molecular weight excluding hydrogens is 182 g/mol. The lowest BCUT2D eigenvalue weighted by Crippen LogP contribution is -2.37. The molecule has 1 heteroatoms. The van der Waals surface area contributed by atoms with E-state index in [4.69, 9.17) is 5.73 Å². The third-order valence-corrected chi connectivity index (χ3v) is 3.06. The van der Waals surface area contributed by atoms with Crippen LogP contribution in [-0.2, 0) is 0 Å². The zero-order valence-corrected chi connectivity index (χ0v) is 9.11. The van der Waals surface area contributed by atoms with Gasteiger partial charge in [0.25, 0.3) is 0 Å². The van der Waals surface area contributed by atoms with Gasteiger partial charge in [-0.15, -0.1) is 0 Å². The lowest BCUT2D eigenvalue weighted by Gasteiger charge is -2.26. The van der Waals surface area contributed by atoms with Crippen LogP contribution in [0.3, 0.4) is 0 Å². The summed E-state index contributed by atoms with van der Waals surface area (Å²) < 4.78 is 0. The fourth-order valence-electron chi connectivity index (χ4n) is 1.80. The Labute approximate surface area is 91.3 Å². The molecule has 1 unspecified atom stereocenters. The van der Waals surface area contributed by atoms with Crippen molar-refractivity contribution in [1.82, 2.24) is 0 Å². The Morgan fingerprint density at radius 2 is 2.00 bits per heavy atom. The average molecular weight is 199 g/mol. The molecular formula is C14H17N. The van der Waals surface area contributed by atoms with E-state index in [1.54, 1.807) is 0 Å². The molecule has 1 aliphatic rings. The second kappa shape index (κ2) is 4.03. The Hall–Kier alpha value is -1.34. The van der Waals surface area contributed by atoms with Gasteiger partial charge in [-0.1, -0.05) is 55.5 Å². The van der Waals surface area contributed by atoms with Crippen molar-refractivity contribution in [2.75, 3.05) is 0 Å². The van der Waals surface area contributed by atoms with E-state index in [1.165, 1.54) is 11.1 Å². The molecule has 0 heterocycles. The van der Waals surface area contributed by atoms with Crippen LogP contribution in [0.2, 0.25) is 0 Å². The highest BCUT2D eigenvalue weighted by atomic mass is 14.7. The topological polar surface area (TPSA) is 26.0 Å². The number of nitrogens with two attached hydrogens (primary N) is 1. The highest BCUT2D eigenvalue weighted by Crippen LogP contribution is 2.26. The third-order valence-electron chi connectivity index (χ3n) is 3.06. The molecule has 0 fully saturated rings. The second-order valence-electron chi connectivity index (χ2n) is 4.15. The van der Waals surface area contributed by atoms with Gasteiger partial charge in [0.1, 0.15) is 0 Å². The molecule has 1 nitrogen and oxygen atoms in total. The number of rotatable bonds is 2. The first-order valence-electron chi connectivity index (χ1n) is 5.47. The Balaban J connectivity index is 2.20. The van der Waals surface area contributed by atoms with Gasteiger partial charge < -0.3 is 5.73 Å². The summed E-state index contributed by atoms with van der Waals surface area (Å²) in [5.41, 5.74) is 8.59. The fraction of sp³-hybridized carbons (Fsp3) is 0.286. The summed E-state index contributed by atoms with van der Waals surface area (Å²) in [7, 11) is 0. The standard InChI is InChI=1S/C14H17N/c1-2-14(15)10-8-13(9-11-14)12-6-4-3-5-7-12/h3-10H,2,11,15H2,1H3. The third kappa shape index (κ3) is 2.18. The molecule has 1 aromatic rings. The van der Waals surface area contributed by atoms with E-state index in [0.717, 1.165) is 12.8 Å². The van der Waals surface area contributed by atoms with E-state index in [2.05, 4.69) is 49.4 Å². The van der Waals surface area contributed by atoms with Crippen LogP contribution in [0.15, 0.2) is 48.6 Å². The molecule has 0 radical (unpaired) electrons. The number of hydrogen-bond donors (Lipinski definition) is 1. The smallest absolute Gasteiger partial charge is 0.0374 e. The normalized spacial score (nSPS) is 25.1. The van der Waals surface area contributed by atoms with Crippen LogP contribution < -0.4 is 5.73 Å². The van der Waals surface area contributed by atoms with Crippen LogP contribution >= 0.6 is 0 Å². The Bertz CT molecular complexity index is 389. The van der Waals surface area contributed by atoms with Gasteiger partial charge in [-0.25, -0.2) is 0 Å². The van der Waals surface area contributed by atoms with E-state index in [0.29, 0.717) is 0 Å². The molecule has 1 aromatic carbocycles. The van der Waals surface area contributed by atoms with Crippen LogP contribution in [0.1, 0.15) is 25.3 Å². The molecule has 15 heavy (non-hydrogen) atoms. The molecule has 2 rings (SSSR count). The second-order valence-corrected chi connectivity index (χ2v) is 4.15. The largest absolute Gasteiger partial charge is 0.322 e. The molecule has 0 aromatic heterocycles. The summed E-state index contributed by atoms with van der Waals surface area (Å²) in [4.78, 5) is 0. The first-order valence-corrected chi connectivity index (χ1v) is 5.47. The van der Waals surface area contributed by atoms with Crippen molar-refractivity contribution in [3.63, 3.8) is 0 Å². The fourth-order valence-corrected chi connectivity index (χ4v) is 1.80. The summed E-state index contributed by atoms with van der Waals surface area (Å²) in [5, 5.41) is 0. The van der Waals surface area contributed by atoms with Crippen LogP contribution in [0, 0.1) is 0 Å². The molecule has 0 saturated carbocycles. The SMILES string of the molecule is CCC1(N)C=CC(c2ccccc2)=CC1. The quantitative estimate of drug-likeness (QED) is 0.778. The van der Waals surface area contributed by atoms with Gasteiger partial charge in [0.05, 0.1) is 0 Å². The molecule has 78 valence electrons. The minimum Gasteiger partial charge on any atom is -0.322 e. The summed E-state index contributed by atoms with van der Waals surface area (Å²) in [6.07, 6.45) is 8.43. The van der Waals surface area contributed by atoms with Crippen LogP contribution in [0.25, 0.3) is 5.57 Å². The molecule has 0 bridgehead atoms. The van der Waals surface area contributed by atoms with E-state index in [9.17, 15) is 0 Å². The first-order chi connectivity index (χ1) is 7.23. The Morgan fingerprint density at radius 1 is 1.27 bits per heavy atom. The summed E-state index contributed by atoms with van der Waals surface area (Å²) in [6, 6.07) is 10.4. The summed E-state index contributed by atoms with van der Waals surface area (Å²) >= 11 is 0. The van der Waals surface area contributed by atoms with Crippen LogP contribution in [-0.4, -0.2) is 5.54 Å². The maximum absolute atomic E-state index is 6.17. The van der Waals surface area contributed by atoms with Gasteiger partial charge in [0, 0.05) is 5.54 Å². The summed E-state index contributed by atoms with van der Waals surface area (Å²) in [6.45, 7) is 2.13. The van der Waals surface area contributed by atoms with Crippen molar-refractivity contribution in [1.29, 1.82) is 0 Å². The lowest BCUT2D eigenvalue weighted by atomic mass is 9.86. The van der Waals surface area contributed by atoms with Crippen LogP contribution in [0.4, 0.5) is 0 Å². The number of benzene rings is 1. The van der Waals surface area contributed by atoms with Crippen molar-refractivity contribution in [3.05, 3.63) is 54.1 Å². The molecule has 2 N–H and O–H groups in total. The summed E-state index contributed by atoms with van der Waals surface area (Å²) in [5.74, 6) is 0. The van der Waals surface area contributed by atoms with Crippen molar-refractivity contribution in [3.8, 4) is 0 Å². The molecule has 1 atom stereocenters. The van der Waals surface area contributed by atoms with Gasteiger partial charge in [0.2, 0.25) is 0 Å². The molecule has 0 spiro atoms. The van der Waals surface area contributed by atoms with E-state index in [-0.39, 0.29) is 5.54 Å². The highest BCUT2D eigenvalue weighted by Gasteiger charge is 2.20. The minimum absolute atomic E-state index is 0.127. The number of allylic oxidation sites excluding steroid dienone is 2. The maximum Gasteiger partial charge on any atom is 0.0374 e. The monoisotopic (exact) mass is 199 g/mol. The molecule has 0 saturated heterocycles. The number of hydrogen-bond acceptors (Lipinski definition) is 1. The first kappa shape index (κ1) is 10.2. The van der Waals surface area contributed by atoms with Crippen molar-refractivity contribution in [2.45, 2.75) is 25.3 Å². The van der Waals surface area contributed by atoms with Crippen molar-refractivity contribution in [2.24, 2.45) is 5.73 Å². The van der Waals surface area contributed by atoms with Gasteiger partial charge in [0.15, 0.2) is 0 Å². The highest BCUT2D eigenvalue weighted by molar-refractivity contribution is 5.75. The van der Waals surface area contributed by atoms with Gasteiger partial charge in [-0.3, -0.25) is 0 Å². The molecule has 0 amide bonds. The van der Waals surface area contributed by atoms with Gasteiger partial charge >= 0.3 is 0 Å².